The van der Waals surface area contributed by atoms with Gasteiger partial charge in [-0.15, -0.1) is 0 Å². The van der Waals surface area contributed by atoms with Crippen LogP contribution in [-0.4, -0.2) is 35.0 Å². The van der Waals surface area contributed by atoms with Gasteiger partial charge >= 0.3 is 6.03 Å². The maximum Gasteiger partial charge on any atom is 0.319 e. The Kier molecular flexibility index (Phi) is 7.15. The lowest BCUT2D eigenvalue weighted by Gasteiger charge is -2.13. The van der Waals surface area contributed by atoms with Crippen LogP contribution in [0.5, 0.6) is 0 Å². The number of aromatic nitrogens is 3. The summed E-state index contributed by atoms with van der Waals surface area (Å²) in [7, 11) is 6.09. The van der Waals surface area contributed by atoms with E-state index in [4.69, 9.17) is 19.4 Å². The van der Waals surface area contributed by atoms with E-state index in [1.165, 1.54) is 0 Å². The molecule has 7 nitrogen and oxygen atoms in total. The van der Waals surface area contributed by atoms with E-state index in [0.29, 0.717) is 34.9 Å². The molecule has 0 bridgehead atoms. The Morgan fingerprint density at radius 2 is 2.00 bits per heavy atom. The standard InChI is InChI=1S/C24H24BClN6O/c1-2-3-11-27-24(33)30-17-8-6-7-16(12-17)14-28-22-13-21(18-9-4-5-10-20(18)26)31-23-19(25)15-29-32(22)23/h4-10,12-13,15,28H,2-3,11,14H2,1H3,(H2,27,30,33). The number of carbonyl (C=O) groups excluding carboxylic acids is 1. The maximum absolute atomic E-state index is 12.0. The van der Waals surface area contributed by atoms with Crippen molar-refractivity contribution in [3.05, 3.63) is 71.4 Å². The molecule has 0 fully saturated rings. The van der Waals surface area contributed by atoms with Crippen LogP contribution in [0.3, 0.4) is 0 Å². The average Bonchev–Trinajstić information content (AvgIpc) is 3.19. The highest BCUT2D eigenvalue weighted by Crippen LogP contribution is 2.28. The van der Waals surface area contributed by atoms with E-state index in [1.807, 2.05) is 54.6 Å². The normalized spacial score (nSPS) is 10.8. The second-order valence-corrected chi connectivity index (χ2v) is 8.04. The van der Waals surface area contributed by atoms with Crippen LogP contribution in [0.15, 0.2) is 60.8 Å². The van der Waals surface area contributed by atoms with Crippen LogP contribution >= 0.6 is 11.6 Å². The van der Waals surface area contributed by atoms with E-state index >= 15 is 0 Å². The first kappa shape index (κ1) is 22.7. The summed E-state index contributed by atoms with van der Waals surface area (Å²) in [5.41, 5.74) is 4.25. The molecule has 2 aromatic carbocycles. The molecule has 33 heavy (non-hydrogen) atoms. The fraction of sp³-hybridized carbons (Fsp3) is 0.208. The van der Waals surface area contributed by atoms with Gasteiger partial charge in [-0.05, 0) is 35.6 Å². The van der Waals surface area contributed by atoms with E-state index in [2.05, 4.69) is 33.0 Å². The molecular weight excluding hydrogens is 435 g/mol. The smallest absolute Gasteiger partial charge is 0.319 e. The molecule has 0 saturated carbocycles. The highest BCUT2D eigenvalue weighted by molar-refractivity contribution is 6.36. The first-order valence-corrected chi connectivity index (χ1v) is 11.2. The summed E-state index contributed by atoms with van der Waals surface area (Å²) in [6.45, 7) is 3.25. The third-order valence-corrected chi connectivity index (χ3v) is 5.45. The molecule has 4 rings (SSSR count). The Morgan fingerprint density at radius 3 is 2.82 bits per heavy atom. The topological polar surface area (TPSA) is 83.3 Å². The fourth-order valence-corrected chi connectivity index (χ4v) is 3.65. The summed E-state index contributed by atoms with van der Waals surface area (Å²) in [6.07, 6.45) is 3.56. The molecule has 0 aliphatic heterocycles. The van der Waals surface area contributed by atoms with Crippen molar-refractivity contribution in [1.29, 1.82) is 0 Å². The van der Waals surface area contributed by atoms with Crippen molar-refractivity contribution in [2.75, 3.05) is 17.2 Å². The largest absolute Gasteiger partial charge is 0.366 e. The molecule has 2 aromatic heterocycles. The minimum atomic E-state index is -0.208. The molecule has 2 amide bonds. The highest BCUT2D eigenvalue weighted by Gasteiger charge is 2.12. The molecule has 0 aliphatic rings. The first-order valence-electron chi connectivity index (χ1n) is 10.8. The van der Waals surface area contributed by atoms with Crippen LogP contribution in [0, 0.1) is 0 Å². The fourth-order valence-electron chi connectivity index (χ4n) is 3.42. The predicted molar refractivity (Wildman–Crippen MR) is 135 cm³/mol. The quantitative estimate of drug-likeness (QED) is 0.270. The molecule has 166 valence electrons. The minimum absolute atomic E-state index is 0.208. The first-order chi connectivity index (χ1) is 16.0. The number of halogens is 1. The third-order valence-electron chi connectivity index (χ3n) is 5.12. The van der Waals surface area contributed by atoms with Gasteiger partial charge in [0.25, 0.3) is 0 Å². The zero-order valence-corrected chi connectivity index (χ0v) is 19.1. The van der Waals surface area contributed by atoms with Gasteiger partial charge in [-0.3, -0.25) is 0 Å². The summed E-state index contributed by atoms with van der Waals surface area (Å²) >= 11 is 6.39. The van der Waals surface area contributed by atoms with Crippen molar-refractivity contribution < 1.29 is 4.79 Å². The number of amides is 2. The number of nitrogens with zero attached hydrogens (tertiary/aromatic N) is 3. The molecule has 0 aliphatic carbocycles. The second-order valence-electron chi connectivity index (χ2n) is 7.63. The van der Waals surface area contributed by atoms with Crippen molar-refractivity contribution in [2.24, 2.45) is 0 Å². The molecule has 9 heteroatoms. The summed E-state index contributed by atoms with van der Waals surface area (Å²) in [6, 6.07) is 16.9. The second kappa shape index (κ2) is 10.4. The number of rotatable bonds is 8. The van der Waals surface area contributed by atoms with Crippen LogP contribution in [0.25, 0.3) is 16.9 Å². The van der Waals surface area contributed by atoms with E-state index in [9.17, 15) is 4.79 Å². The third kappa shape index (κ3) is 5.46. The van der Waals surface area contributed by atoms with Crippen LogP contribution < -0.4 is 21.4 Å². The molecule has 0 unspecified atom stereocenters. The maximum atomic E-state index is 12.0. The SMILES string of the molecule is [B]c1cnn2c(NCc3cccc(NC(=O)NCCCC)c3)cc(-c3ccccc3Cl)nc12. The molecule has 2 heterocycles. The van der Waals surface area contributed by atoms with E-state index < -0.39 is 0 Å². The molecular formula is C24H24BClN6O. The number of carbonyl (C=O) groups is 1. The summed E-state index contributed by atoms with van der Waals surface area (Å²) < 4.78 is 1.67. The van der Waals surface area contributed by atoms with Crippen LogP contribution in [0.2, 0.25) is 5.02 Å². The number of hydrogen-bond acceptors (Lipinski definition) is 4. The van der Waals surface area contributed by atoms with Crippen molar-refractivity contribution >= 4 is 48.1 Å². The van der Waals surface area contributed by atoms with Gasteiger partial charge in [0.2, 0.25) is 0 Å². The monoisotopic (exact) mass is 458 g/mol. The summed E-state index contributed by atoms with van der Waals surface area (Å²) in [5.74, 6) is 0.724. The predicted octanol–water partition coefficient (Wildman–Crippen LogP) is 4.38. The van der Waals surface area contributed by atoms with E-state index in [-0.39, 0.29) is 6.03 Å². The van der Waals surface area contributed by atoms with Crippen molar-refractivity contribution in [2.45, 2.75) is 26.3 Å². The number of nitrogens with one attached hydrogen (secondary N) is 3. The summed E-state index contributed by atoms with van der Waals surface area (Å²) in [4.78, 5) is 16.7. The molecule has 0 atom stereocenters. The van der Waals surface area contributed by atoms with Crippen molar-refractivity contribution in [3.63, 3.8) is 0 Å². The van der Waals surface area contributed by atoms with Gasteiger partial charge < -0.3 is 16.0 Å². The number of fused-ring (bicyclic) bond motifs is 1. The Labute approximate surface area is 199 Å². The van der Waals surface area contributed by atoms with E-state index in [1.54, 1.807) is 10.7 Å². The van der Waals surface area contributed by atoms with Crippen LogP contribution in [0.4, 0.5) is 16.3 Å². The van der Waals surface area contributed by atoms with Gasteiger partial charge in [0.1, 0.15) is 13.7 Å². The Hall–Kier alpha value is -3.52. The van der Waals surface area contributed by atoms with Gasteiger partial charge in [-0.1, -0.05) is 55.3 Å². The number of unbranched alkanes of at least 4 members (excludes halogenated alkanes) is 1. The molecule has 3 N–H and O–H groups in total. The minimum Gasteiger partial charge on any atom is -0.366 e. The average molecular weight is 459 g/mol. The Morgan fingerprint density at radius 1 is 1.15 bits per heavy atom. The Bertz CT molecular complexity index is 1280. The molecule has 0 spiro atoms. The highest BCUT2D eigenvalue weighted by atomic mass is 35.5. The number of benzene rings is 2. The van der Waals surface area contributed by atoms with Gasteiger partial charge in [0.15, 0.2) is 5.65 Å². The van der Waals surface area contributed by atoms with Crippen molar-refractivity contribution in [3.8, 4) is 11.3 Å². The molecule has 2 radical (unpaired) electrons. The van der Waals surface area contributed by atoms with Gasteiger partial charge in [0.05, 0.1) is 5.69 Å². The van der Waals surface area contributed by atoms with Crippen LogP contribution in [0.1, 0.15) is 25.3 Å². The Balaban J connectivity index is 1.54. The van der Waals surface area contributed by atoms with E-state index in [0.717, 1.165) is 35.5 Å². The number of urea groups is 1. The van der Waals surface area contributed by atoms with Crippen molar-refractivity contribution in [1.82, 2.24) is 19.9 Å². The lowest BCUT2D eigenvalue weighted by Crippen LogP contribution is -2.29. The van der Waals surface area contributed by atoms with Gasteiger partial charge in [-0.2, -0.15) is 9.61 Å². The zero-order valence-electron chi connectivity index (χ0n) is 18.3. The zero-order chi connectivity index (χ0) is 23.2. The van der Waals surface area contributed by atoms with Gasteiger partial charge in [-0.25, -0.2) is 9.78 Å². The summed E-state index contributed by atoms with van der Waals surface area (Å²) in [5, 5.41) is 14.1. The number of hydrogen-bond donors (Lipinski definition) is 3. The van der Waals surface area contributed by atoms with Gasteiger partial charge in [0, 0.05) is 41.6 Å². The lowest BCUT2D eigenvalue weighted by atomic mass is 10.0. The molecule has 0 saturated heterocycles. The number of anilines is 2. The lowest BCUT2D eigenvalue weighted by molar-refractivity contribution is 0.252. The molecule has 4 aromatic rings. The van der Waals surface area contributed by atoms with Crippen LogP contribution in [-0.2, 0) is 6.54 Å².